The van der Waals surface area contributed by atoms with E-state index in [9.17, 15) is 4.39 Å². The highest BCUT2D eigenvalue weighted by atomic mass is 19.1. The second kappa shape index (κ2) is 8.80. The maximum absolute atomic E-state index is 13.5. The second-order valence-corrected chi connectivity index (χ2v) is 7.71. The van der Waals surface area contributed by atoms with Crippen molar-refractivity contribution in [3.05, 3.63) is 90.2 Å². The molecule has 0 radical (unpaired) electrons. The fraction of sp³-hybridized carbons (Fsp3) is 0.200. The van der Waals surface area contributed by atoms with Gasteiger partial charge >= 0.3 is 0 Å². The number of nitrogens with zero attached hydrogens (tertiary/aromatic N) is 3. The quantitative estimate of drug-likeness (QED) is 0.440. The third-order valence-electron chi connectivity index (χ3n) is 5.27. The highest BCUT2D eigenvalue weighted by Crippen LogP contribution is 2.29. The monoisotopic (exact) mass is 430 g/mol. The first kappa shape index (κ1) is 20.2. The Labute approximate surface area is 185 Å². The van der Waals surface area contributed by atoms with Crippen molar-refractivity contribution in [2.24, 2.45) is 0 Å². The van der Waals surface area contributed by atoms with E-state index in [2.05, 4.69) is 22.5 Å². The van der Waals surface area contributed by atoms with Gasteiger partial charge in [-0.3, -0.25) is 4.68 Å². The maximum Gasteiger partial charge on any atom is 0.143 e. The number of fused-ring (bicyclic) bond motifs is 1. The van der Waals surface area contributed by atoms with Gasteiger partial charge in [-0.25, -0.2) is 9.37 Å². The number of benzene rings is 2. The van der Waals surface area contributed by atoms with Crippen molar-refractivity contribution in [2.45, 2.75) is 25.9 Å². The molecule has 0 aromatic heterocycles. The Kier molecular flexibility index (Phi) is 5.56. The zero-order valence-corrected chi connectivity index (χ0v) is 17.7. The number of hydrogen-bond acceptors (Lipinski definition) is 5. The Morgan fingerprint density at radius 1 is 1.09 bits per heavy atom. The first-order chi connectivity index (χ1) is 15.7. The summed E-state index contributed by atoms with van der Waals surface area (Å²) in [5, 5.41) is 4.47. The molecule has 1 unspecified atom stereocenters. The summed E-state index contributed by atoms with van der Waals surface area (Å²) >= 11 is 0. The van der Waals surface area contributed by atoms with Crippen LogP contribution >= 0.6 is 0 Å². The van der Waals surface area contributed by atoms with Gasteiger partial charge in [0.05, 0.1) is 36.4 Å². The zero-order chi connectivity index (χ0) is 21.9. The minimum Gasteiger partial charge on any atom is -0.494 e. The number of allylic oxidation sites excluding steroid dienone is 1. The standard InChI is InChI=1S/C25H23FN4O2/c1-2-10-31-21-8-6-17(7-9-21)24-13-22(32-29-24)15-30-16-25-19(14-27-30)12-23(28-25)18-4-3-5-20(26)11-18/h3-9,11-14,16,24,29H,2,10,15H2,1H3. The predicted octanol–water partition coefficient (Wildman–Crippen LogP) is 5.14. The minimum atomic E-state index is -0.279. The average molecular weight is 430 g/mol. The van der Waals surface area contributed by atoms with Gasteiger partial charge in [0.25, 0.3) is 0 Å². The van der Waals surface area contributed by atoms with Gasteiger partial charge in [-0.05, 0) is 48.4 Å². The summed E-state index contributed by atoms with van der Waals surface area (Å²) in [5.41, 5.74) is 7.31. The molecule has 6 nitrogen and oxygen atoms in total. The van der Waals surface area contributed by atoms with Crippen LogP contribution in [0.3, 0.4) is 0 Å². The molecule has 5 rings (SSSR count). The summed E-state index contributed by atoms with van der Waals surface area (Å²) < 4.78 is 21.0. The van der Waals surface area contributed by atoms with Gasteiger partial charge in [-0.1, -0.05) is 31.2 Å². The normalized spacial score (nSPS) is 15.6. The third-order valence-corrected chi connectivity index (χ3v) is 5.27. The van der Waals surface area contributed by atoms with Crippen molar-refractivity contribution in [3.8, 4) is 28.3 Å². The first-order valence-corrected chi connectivity index (χ1v) is 10.6. The molecule has 0 fully saturated rings. The summed E-state index contributed by atoms with van der Waals surface area (Å²) in [7, 11) is 0. The summed E-state index contributed by atoms with van der Waals surface area (Å²) in [4.78, 5) is 10.3. The highest BCUT2D eigenvalue weighted by Gasteiger charge is 2.20. The number of rotatable bonds is 7. The van der Waals surface area contributed by atoms with E-state index in [1.54, 1.807) is 16.9 Å². The molecule has 0 saturated heterocycles. The van der Waals surface area contributed by atoms with Crippen molar-refractivity contribution in [1.82, 2.24) is 20.2 Å². The van der Waals surface area contributed by atoms with E-state index in [0.717, 1.165) is 46.0 Å². The maximum atomic E-state index is 13.5. The van der Waals surface area contributed by atoms with Crippen LogP contribution in [-0.2, 0) is 11.4 Å². The van der Waals surface area contributed by atoms with E-state index in [-0.39, 0.29) is 11.9 Å². The number of halogens is 1. The fourth-order valence-electron chi connectivity index (χ4n) is 3.64. The van der Waals surface area contributed by atoms with Gasteiger partial charge in [-0.2, -0.15) is 5.10 Å². The van der Waals surface area contributed by atoms with Crippen LogP contribution < -0.4 is 10.2 Å². The average Bonchev–Trinajstić information content (AvgIpc) is 3.45. The molecule has 3 aliphatic heterocycles. The van der Waals surface area contributed by atoms with Crippen LogP contribution in [0.1, 0.15) is 24.9 Å². The van der Waals surface area contributed by atoms with E-state index in [1.165, 1.54) is 12.1 Å². The lowest BCUT2D eigenvalue weighted by atomic mass is 10.1. The molecule has 2 aromatic rings. The van der Waals surface area contributed by atoms with Crippen LogP contribution in [0, 0.1) is 5.82 Å². The van der Waals surface area contributed by atoms with Gasteiger partial charge < -0.3 is 9.57 Å². The van der Waals surface area contributed by atoms with Crippen LogP contribution in [0.2, 0.25) is 0 Å². The van der Waals surface area contributed by atoms with Crippen molar-refractivity contribution >= 4 is 0 Å². The first-order valence-electron chi connectivity index (χ1n) is 10.6. The molecule has 0 amide bonds. The molecule has 7 heteroatoms. The minimum absolute atomic E-state index is 0.0359. The van der Waals surface area contributed by atoms with Gasteiger partial charge in [0, 0.05) is 11.1 Å². The molecular formula is C25H23FN4O2. The van der Waals surface area contributed by atoms with Crippen LogP contribution in [-0.4, -0.2) is 21.4 Å². The molecule has 0 bridgehead atoms. The molecule has 3 aliphatic rings. The van der Waals surface area contributed by atoms with E-state index >= 15 is 0 Å². The molecular weight excluding hydrogens is 407 g/mol. The molecule has 0 spiro atoms. The number of hydroxylamine groups is 1. The van der Waals surface area contributed by atoms with E-state index in [4.69, 9.17) is 9.57 Å². The van der Waals surface area contributed by atoms with Crippen LogP contribution in [0.5, 0.6) is 5.75 Å². The van der Waals surface area contributed by atoms with Gasteiger partial charge in [0.1, 0.15) is 23.9 Å². The SMILES string of the molecule is CCCOc1ccc(C2C=C(Cn3cc4nc(-c5cccc(F)c5)cc-4cn3)ON2)cc1. The lowest BCUT2D eigenvalue weighted by molar-refractivity contribution is 0.106. The Bertz CT molecular complexity index is 1220. The Morgan fingerprint density at radius 3 is 2.78 bits per heavy atom. The van der Waals surface area contributed by atoms with Crippen molar-refractivity contribution < 1.29 is 14.0 Å². The van der Waals surface area contributed by atoms with Gasteiger partial charge in [0.15, 0.2) is 0 Å². The topological polar surface area (TPSA) is 61.2 Å². The molecule has 0 aliphatic carbocycles. The Morgan fingerprint density at radius 2 is 1.97 bits per heavy atom. The molecule has 1 N–H and O–H groups in total. The molecule has 3 heterocycles. The smallest absolute Gasteiger partial charge is 0.143 e. The second-order valence-electron chi connectivity index (χ2n) is 7.71. The highest BCUT2D eigenvalue weighted by molar-refractivity contribution is 5.72. The lowest BCUT2D eigenvalue weighted by Gasteiger charge is -2.10. The van der Waals surface area contributed by atoms with Crippen LogP contribution in [0.4, 0.5) is 4.39 Å². The number of aromatic nitrogens is 3. The van der Waals surface area contributed by atoms with Crippen molar-refractivity contribution in [3.63, 3.8) is 0 Å². The predicted molar refractivity (Wildman–Crippen MR) is 119 cm³/mol. The van der Waals surface area contributed by atoms with E-state index < -0.39 is 0 Å². The van der Waals surface area contributed by atoms with Crippen LogP contribution in [0.25, 0.3) is 22.5 Å². The number of ether oxygens (including phenoxy) is 1. The molecule has 1 atom stereocenters. The summed E-state index contributed by atoms with van der Waals surface area (Å²) in [6.07, 6.45) is 6.66. The van der Waals surface area contributed by atoms with Crippen molar-refractivity contribution in [2.75, 3.05) is 6.61 Å². The summed E-state index contributed by atoms with van der Waals surface area (Å²) in [6, 6.07) is 16.3. The number of nitrogens with one attached hydrogen (secondary N) is 1. The van der Waals surface area contributed by atoms with Gasteiger partial charge in [0.2, 0.25) is 0 Å². The largest absolute Gasteiger partial charge is 0.494 e. The van der Waals surface area contributed by atoms with Crippen LogP contribution in [0.15, 0.2) is 78.8 Å². The zero-order valence-electron chi connectivity index (χ0n) is 17.7. The number of hydrogen-bond donors (Lipinski definition) is 1. The summed E-state index contributed by atoms with van der Waals surface area (Å²) in [6.45, 7) is 3.27. The van der Waals surface area contributed by atoms with E-state index in [1.807, 2.05) is 48.7 Å². The Balaban J connectivity index is 1.30. The molecule has 162 valence electrons. The molecule has 32 heavy (non-hydrogen) atoms. The van der Waals surface area contributed by atoms with Gasteiger partial charge in [-0.15, -0.1) is 5.48 Å². The molecule has 0 saturated carbocycles. The molecule has 2 aromatic carbocycles. The Hall–Kier alpha value is -3.71. The summed E-state index contributed by atoms with van der Waals surface area (Å²) in [5.74, 6) is 1.36. The van der Waals surface area contributed by atoms with Crippen molar-refractivity contribution in [1.29, 1.82) is 0 Å². The fourth-order valence-corrected chi connectivity index (χ4v) is 3.64. The lowest BCUT2D eigenvalue weighted by Crippen LogP contribution is -2.14. The van der Waals surface area contributed by atoms with E-state index in [0.29, 0.717) is 13.2 Å². The third kappa shape index (κ3) is 4.33.